The van der Waals surface area contributed by atoms with Crippen molar-refractivity contribution >= 4 is 23.3 Å². The molecular weight excluding hydrogens is 246 g/mol. The summed E-state index contributed by atoms with van der Waals surface area (Å²) in [6.45, 7) is 2.18. The van der Waals surface area contributed by atoms with E-state index in [1.807, 2.05) is 18.4 Å². The van der Waals surface area contributed by atoms with Crippen molar-refractivity contribution < 1.29 is 14.4 Å². The van der Waals surface area contributed by atoms with Gasteiger partial charge in [0.05, 0.1) is 11.3 Å². The van der Waals surface area contributed by atoms with Gasteiger partial charge in [-0.1, -0.05) is 12.1 Å². The van der Waals surface area contributed by atoms with E-state index in [0.717, 1.165) is 5.56 Å². The number of aryl methyl sites for hydroxylation is 1. The van der Waals surface area contributed by atoms with Gasteiger partial charge in [-0.15, -0.1) is 0 Å². The smallest absolute Gasteiger partial charge is 0.299 e. The van der Waals surface area contributed by atoms with Gasteiger partial charge in [-0.05, 0) is 25.0 Å². The molecule has 6 heteroatoms. The normalized spacial score (nSPS) is 13.7. The minimum Gasteiger partial charge on any atom is -0.304 e. The number of anilines is 1. The second-order valence-corrected chi connectivity index (χ2v) is 4.43. The summed E-state index contributed by atoms with van der Waals surface area (Å²) in [5.41, 5.74) is 4.00. The summed E-state index contributed by atoms with van der Waals surface area (Å²) in [6.07, 6.45) is 0.672. The second kappa shape index (κ2) is 5.19. The third-order valence-corrected chi connectivity index (χ3v) is 3.14. The third kappa shape index (κ3) is 2.34. The molecule has 0 atom stereocenters. The lowest BCUT2D eigenvalue weighted by Crippen LogP contribution is -2.33. The highest BCUT2D eigenvalue weighted by Gasteiger charge is 2.36. The molecule has 0 fully saturated rings. The first kappa shape index (κ1) is 13.2. The van der Waals surface area contributed by atoms with Crippen LogP contribution in [0.25, 0.3) is 0 Å². The zero-order chi connectivity index (χ0) is 14.0. The number of para-hydroxylation sites is 1. The van der Waals surface area contributed by atoms with Crippen molar-refractivity contribution in [3.8, 4) is 0 Å². The number of Topliss-reactive ketones (excluding diaryl/α,β-unsaturated/α-hetero) is 1. The number of nitrogens with one attached hydrogen (secondary N) is 1. The van der Waals surface area contributed by atoms with E-state index in [-0.39, 0.29) is 12.3 Å². The van der Waals surface area contributed by atoms with Crippen molar-refractivity contribution in [2.45, 2.75) is 19.8 Å². The number of carbonyl (C=O) groups is 3. The number of carbonyl (C=O) groups excluding carboxylic acids is 3. The Morgan fingerprint density at radius 3 is 2.79 bits per heavy atom. The first-order chi connectivity index (χ1) is 9.06. The van der Waals surface area contributed by atoms with Gasteiger partial charge in [-0.3, -0.25) is 19.8 Å². The van der Waals surface area contributed by atoms with Gasteiger partial charge >= 0.3 is 0 Å². The number of hydrogen-bond donors (Lipinski definition) is 2. The molecule has 3 N–H and O–H groups in total. The summed E-state index contributed by atoms with van der Waals surface area (Å²) >= 11 is 0. The molecule has 1 aromatic rings. The van der Waals surface area contributed by atoms with Crippen LogP contribution in [-0.4, -0.2) is 24.1 Å². The Labute approximate surface area is 110 Å². The van der Waals surface area contributed by atoms with Crippen LogP contribution in [0, 0.1) is 6.92 Å². The summed E-state index contributed by atoms with van der Waals surface area (Å²) in [6, 6.07) is 5.25. The summed E-state index contributed by atoms with van der Waals surface area (Å²) in [5, 5.41) is 0. The van der Waals surface area contributed by atoms with E-state index in [4.69, 9.17) is 5.84 Å². The molecule has 1 aromatic carbocycles. The molecule has 0 bridgehead atoms. The Kier molecular flexibility index (Phi) is 3.62. The number of fused-ring (bicyclic) bond motifs is 1. The van der Waals surface area contributed by atoms with E-state index in [1.165, 1.54) is 4.90 Å². The van der Waals surface area contributed by atoms with Gasteiger partial charge in [0, 0.05) is 13.0 Å². The monoisotopic (exact) mass is 261 g/mol. The average Bonchev–Trinajstić information content (AvgIpc) is 2.65. The van der Waals surface area contributed by atoms with Gasteiger partial charge in [0.15, 0.2) is 0 Å². The molecule has 0 radical (unpaired) electrons. The molecular formula is C13H15N3O3. The quantitative estimate of drug-likeness (QED) is 0.353. The van der Waals surface area contributed by atoms with Gasteiger partial charge < -0.3 is 4.90 Å². The van der Waals surface area contributed by atoms with Crippen molar-refractivity contribution in [1.29, 1.82) is 0 Å². The Morgan fingerprint density at radius 2 is 2.11 bits per heavy atom. The highest BCUT2D eigenvalue weighted by molar-refractivity contribution is 6.52. The van der Waals surface area contributed by atoms with Crippen molar-refractivity contribution in [3.63, 3.8) is 0 Å². The number of benzene rings is 1. The Bertz CT molecular complexity index is 554. The predicted molar refractivity (Wildman–Crippen MR) is 69.4 cm³/mol. The van der Waals surface area contributed by atoms with Crippen molar-refractivity contribution in [1.82, 2.24) is 5.43 Å². The van der Waals surface area contributed by atoms with Gasteiger partial charge in [-0.2, -0.15) is 0 Å². The molecule has 19 heavy (non-hydrogen) atoms. The van der Waals surface area contributed by atoms with Crippen LogP contribution in [0.4, 0.5) is 5.69 Å². The number of amides is 2. The summed E-state index contributed by atoms with van der Waals surface area (Å²) in [4.78, 5) is 36.2. The van der Waals surface area contributed by atoms with Crippen LogP contribution < -0.4 is 16.2 Å². The summed E-state index contributed by atoms with van der Waals surface area (Å²) in [5.74, 6) is 3.68. The second-order valence-electron chi connectivity index (χ2n) is 4.43. The van der Waals surface area contributed by atoms with Crippen LogP contribution in [0.3, 0.4) is 0 Å². The van der Waals surface area contributed by atoms with Crippen LogP contribution in [-0.2, 0) is 9.59 Å². The van der Waals surface area contributed by atoms with Gasteiger partial charge in [0.1, 0.15) is 0 Å². The molecule has 0 aromatic heterocycles. The number of nitrogens with two attached hydrogens (primary N) is 1. The number of hydrogen-bond acceptors (Lipinski definition) is 4. The topological polar surface area (TPSA) is 92.5 Å². The fourth-order valence-electron chi connectivity index (χ4n) is 2.22. The summed E-state index contributed by atoms with van der Waals surface area (Å²) in [7, 11) is 0. The van der Waals surface area contributed by atoms with Gasteiger partial charge in [0.2, 0.25) is 5.91 Å². The maximum atomic E-state index is 11.9. The average molecular weight is 261 g/mol. The molecule has 100 valence electrons. The highest BCUT2D eigenvalue weighted by atomic mass is 16.2. The maximum Gasteiger partial charge on any atom is 0.299 e. The van der Waals surface area contributed by atoms with Gasteiger partial charge in [0.25, 0.3) is 11.7 Å². The van der Waals surface area contributed by atoms with Crippen molar-refractivity contribution in [2.75, 3.05) is 11.4 Å². The summed E-state index contributed by atoms with van der Waals surface area (Å²) < 4.78 is 0. The first-order valence-corrected chi connectivity index (χ1v) is 6.01. The molecule has 1 aliphatic rings. The first-order valence-electron chi connectivity index (χ1n) is 6.01. The fourth-order valence-corrected chi connectivity index (χ4v) is 2.22. The van der Waals surface area contributed by atoms with E-state index in [9.17, 15) is 14.4 Å². The van der Waals surface area contributed by atoms with Crippen LogP contribution in [0.5, 0.6) is 0 Å². The number of hydrazine groups is 1. The maximum absolute atomic E-state index is 11.9. The standard InChI is InChI=1S/C13H15N3O3/c1-8-4-2-5-9-11(8)16(13(19)12(9)18)7-3-6-10(17)15-14/h2,4-5H,3,6-7,14H2,1H3,(H,15,17). The van der Waals surface area contributed by atoms with E-state index < -0.39 is 11.7 Å². The lowest BCUT2D eigenvalue weighted by Gasteiger charge is -2.18. The fraction of sp³-hybridized carbons (Fsp3) is 0.308. The van der Waals surface area contributed by atoms with Crippen LogP contribution in [0.1, 0.15) is 28.8 Å². The molecule has 6 nitrogen and oxygen atoms in total. The van der Waals surface area contributed by atoms with Crippen LogP contribution in [0.15, 0.2) is 18.2 Å². The van der Waals surface area contributed by atoms with E-state index in [1.54, 1.807) is 12.1 Å². The van der Waals surface area contributed by atoms with Crippen molar-refractivity contribution in [2.24, 2.45) is 5.84 Å². The third-order valence-electron chi connectivity index (χ3n) is 3.14. The molecule has 1 heterocycles. The van der Waals surface area contributed by atoms with Crippen LogP contribution in [0.2, 0.25) is 0 Å². The Hall–Kier alpha value is -2.21. The molecule has 0 aliphatic carbocycles. The zero-order valence-electron chi connectivity index (χ0n) is 10.6. The molecule has 0 spiro atoms. The van der Waals surface area contributed by atoms with Gasteiger partial charge in [-0.25, -0.2) is 5.84 Å². The number of rotatable bonds is 4. The SMILES string of the molecule is Cc1cccc2c1N(CCCC(=O)NN)C(=O)C2=O. The molecule has 1 aliphatic heterocycles. The minimum absolute atomic E-state index is 0.218. The number of ketones is 1. The van der Waals surface area contributed by atoms with Crippen LogP contribution >= 0.6 is 0 Å². The van der Waals surface area contributed by atoms with E-state index >= 15 is 0 Å². The highest BCUT2D eigenvalue weighted by Crippen LogP contribution is 2.32. The predicted octanol–water partition coefficient (Wildman–Crippen LogP) is 0.294. The molecule has 0 unspecified atom stereocenters. The molecule has 0 saturated heterocycles. The number of nitrogens with zero attached hydrogens (tertiary/aromatic N) is 1. The molecule has 2 amide bonds. The van der Waals surface area contributed by atoms with Crippen molar-refractivity contribution in [3.05, 3.63) is 29.3 Å². The minimum atomic E-state index is -0.530. The lowest BCUT2D eigenvalue weighted by molar-refractivity contribution is -0.121. The Morgan fingerprint density at radius 1 is 1.37 bits per heavy atom. The van der Waals surface area contributed by atoms with E-state index in [0.29, 0.717) is 24.2 Å². The molecule has 0 saturated carbocycles. The Balaban J connectivity index is 2.17. The lowest BCUT2D eigenvalue weighted by atomic mass is 10.1. The largest absolute Gasteiger partial charge is 0.304 e. The molecule has 2 rings (SSSR count). The zero-order valence-corrected chi connectivity index (χ0v) is 10.6. The van der Waals surface area contributed by atoms with E-state index in [2.05, 4.69) is 0 Å².